The van der Waals surface area contributed by atoms with E-state index in [-0.39, 0.29) is 11.9 Å². The van der Waals surface area contributed by atoms with Gasteiger partial charge in [0.2, 0.25) is 0 Å². The maximum atomic E-state index is 13.0. The summed E-state index contributed by atoms with van der Waals surface area (Å²) in [5.41, 5.74) is 4.67. The first-order chi connectivity index (χ1) is 15.6. The number of imidazole rings is 1. The average Bonchev–Trinajstić information content (AvgIpc) is 3.29. The molecule has 1 amide bonds. The lowest BCUT2D eigenvalue weighted by atomic mass is 10.1. The van der Waals surface area contributed by atoms with E-state index in [2.05, 4.69) is 45.7 Å². The molecule has 0 unspecified atom stereocenters. The van der Waals surface area contributed by atoms with Gasteiger partial charge in [-0.1, -0.05) is 6.07 Å². The van der Waals surface area contributed by atoms with Gasteiger partial charge < -0.3 is 9.64 Å². The van der Waals surface area contributed by atoms with Gasteiger partial charge >= 0.3 is 0 Å². The van der Waals surface area contributed by atoms with Crippen LogP contribution in [0.3, 0.4) is 0 Å². The van der Waals surface area contributed by atoms with Crippen molar-refractivity contribution in [1.29, 1.82) is 0 Å². The molecule has 7 heteroatoms. The second-order valence-electron chi connectivity index (χ2n) is 8.02. The highest BCUT2D eigenvalue weighted by atomic mass is 16.5. The Labute approximate surface area is 186 Å². The number of carbonyl (C=O) groups excluding carboxylic acids is 1. The molecule has 1 aliphatic rings. The van der Waals surface area contributed by atoms with Gasteiger partial charge in [0, 0.05) is 43.8 Å². The van der Waals surface area contributed by atoms with E-state index in [4.69, 9.17) is 9.72 Å². The Morgan fingerprint density at radius 3 is 2.56 bits per heavy atom. The van der Waals surface area contributed by atoms with Gasteiger partial charge in [-0.25, -0.2) is 4.98 Å². The van der Waals surface area contributed by atoms with Gasteiger partial charge in [0.25, 0.3) is 5.91 Å². The first-order valence-corrected chi connectivity index (χ1v) is 10.7. The highest BCUT2D eigenvalue weighted by Crippen LogP contribution is 2.28. The van der Waals surface area contributed by atoms with Crippen LogP contribution in [-0.2, 0) is 0 Å². The molecule has 3 aromatic heterocycles. The molecule has 1 fully saturated rings. The third kappa shape index (κ3) is 3.71. The molecule has 0 spiro atoms. The fraction of sp³-hybridized carbons (Fsp3) is 0.240. The van der Waals surface area contributed by atoms with Gasteiger partial charge in [0.05, 0.1) is 24.5 Å². The topological polar surface area (TPSA) is 63.0 Å². The van der Waals surface area contributed by atoms with Crippen molar-refractivity contribution in [2.24, 2.45) is 0 Å². The summed E-state index contributed by atoms with van der Waals surface area (Å²) in [6, 6.07) is 17.7. The summed E-state index contributed by atoms with van der Waals surface area (Å²) in [6.07, 6.45) is 5.41. The van der Waals surface area contributed by atoms with Crippen molar-refractivity contribution >= 4 is 11.6 Å². The highest BCUT2D eigenvalue weighted by molar-refractivity contribution is 5.94. The number of benzene rings is 1. The maximum absolute atomic E-state index is 13.0. The number of ether oxygens (including phenoxy) is 1. The Bertz CT molecular complexity index is 1240. The maximum Gasteiger partial charge on any atom is 0.254 e. The third-order valence-electron chi connectivity index (χ3n) is 6.10. The van der Waals surface area contributed by atoms with Crippen LogP contribution in [-0.4, -0.2) is 63.9 Å². The molecule has 5 rings (SSSR count). The predicted octanol–water partition coefficient (Wildman–Crippen LogP) is 3.53. The monoisotopic (exact) mass is 427 g/mol. The van der Waals surface area contributed by atoms with Gasteiger partial charge in [-0.3, -0.25) is 19.1 Å². The number of piperazine rings is 1. The van der Waals surface area contributed by atoms with Crippen molar-refractivity contribution in [2.75, 3.05) is 33.8 Å². The van der Waals surface area contributed by atoms with Crippen molar-refractivity contribution < 1.29 is 9.53 Å². The van der Waals surface area contributed by atoms with Crippen LogP contribution in [0.2, 0.25) is 0 Å². The van der Waals surface area contributed by atoms with Crippen LogP contribution >= 0.6 is 0 Å². The fourth-order valence-corrected chi connectivity index (χ4v) is 4.24. The average molecular weight is 428 g/mol. The van der Waals surface area contributed by atoms with E-state index in [1.165, 1.54) is 0 Å². The molecular formula is C25H25N5O2. The van der Waals surface area contributed by atoms with E-state index in [0.717, 1.165) is 34.9 Å². The number of pyridine rings is 2. The zero-order chi connectivity index (χ0) is 22.1. The number of fused-ring (bicyclic) bond motifs is 1. The Kier molecular flexibility index (Phi) is 5.33. The summed E-state index contributed by atoms with van der Waals surface area (Å²) in [7, 11) is 3.76. The second-order valence-corrected chi connectivity index (χ2v) is 8.02. The Morgan fingerprint density at radius 2 is 1.81 bits per heavy atom. The number of methoxy groups -OCH3 is 1. The van der Waals surface area contributed by atoms with Crippen LogP contribution in [0.4, 0.5) is 0 Å². The molecule has 4 heterocycles. The van der Waals surface area contributed by atoms with E-state index in [0.29, 0.717) is 18.7 Å². The SMILES string of the molecule is COc1ccc(-c2cccc3nc([C@@H]4CN(C(=O)c5ccncc5)CCN4C)cn23)cc1. The molecule has 0 saturated carbocycles. The van der Waals surface area contributed by atoms with E-state index in [1.807, 2.05) is 29.2 Å². The van der Waals surface area contributed by atoms with Gasteiger partial charge in [0.1, 0.15) is 11.4 Å². The molecule has 1 atom stereocenters. The molecule has 0 N–H and O–H groups in total. The van der Waals surface area contributed by atoms with E-state index in [1.54, 1.807) is 31.6 Å². The van der Waals surface area contributed by atoms with Crippen LogP contribution in [0.25, 0.3) is 16.9 Å². The number of hydrogen-bond acceptors (Lipinski definition) is 5. The van der Waals surface area contributed by atoms with Crippen molar-refractivity contribution in [2.45, 2.75) is 6.04 Å². The van der Waals surface area contributed by atoms with Crippen molar-refractivity contribution in [3.05, 3.63) is 84.4 Å². The zero-order valence-corrected chi connectivity index (χ0v) is 18.2. The molecule has 7 nitrogen and oxygen atoms in total. The van der Waals surface area contributed by atoms with Gasteiger partial charge in [-0.05, 0) is 61.1 Å². The third-order valence-corrected chi connectivity index (χ3v) is 6.10. The summed E-state index contributed by atoms with van der Waals surface area (Å²) >= 11 is 0. The summed E-state index contributed by atoms with van der Waals surface area (Å²) in [5, 5.41) is 0. The molecular weight excluding hydrogens is 402 g/mol. The molecule has 1 saturated heterocycles. The lowest BCUT2D eigenvalue weighted by molar-refractivity contribution is 0.0541. The molecule has 0 bridgehead atoms. The summed E-state index contributed by atoms with van der Waals surface area (Å²) in [5.74, 6) is 0.864. The highest BCUT2D eigenvalue weighted by Gasteiger charge is 2.30. The number of rotatable bonds is 4. The van der Waals surface area contributed by atoms with E-state index >= 15 is 0 Å². The Hall–Kier alpha value is -3.71. The normalized spacial score (nSPS) is 16.9. The van der Waals surface area contributed by atoms with Gasteiger partial charge in [-0.15, -0.1) is 0 Å². The molecule has 1 aliphatic heterocycles. The summed E-state index contributed by atoms with van der Waals surface area (Å²) in [6.45, 7) is 2.08. The molecule has 32 heavy (non-hydrogen) atoms. The molecule has 162 valence electrons. The quantitative estimate of drug-likeness (QED) is 0.499. The molecule has 0 aliphatic carbocycles. The largest absolute Gasteiger partial charge is 0.497 e. The number of hydrogen-bond donors (Lipinski definition) is 0. The number of aromatic nitrogens is 3. The van der Waals surface area contributed by atoms with Crippen LogP contribution in [0.1, 0.15) is 22.1 Å². The summed E-state index contributed by atoms with van der Waals surface area (Å²) < 4.78 is 7.41. The number of nitrogens with zero attached hydrogens (tertiary/aromatic N) is 5. The van der Waals surface area contributed by atoms with Crippen LogP contribution in [0.5, 0.6) is 5.75 Å². The van der Waals surface area contributed by atoms with Gasteiger partial charge in [-0.2, -0.15) is 0 Å². The fourth-order valence-electron chi connectivity index (χ4n) is 4.24. The Balaban J connectivity index is 1.46. The number of likely N-dealkylation sites (N-methyl/N-ethyl adjacent to an activating group) is 1. The first kappa shape index (κ1) is 20.2. The standard InChI is InChI=1S/C25H25N5O2/c1-28-14-15-29(25(31)19-10-12-26-13-11-19)17-23(28)21-16-30-22(4-3-5-24(30)27-21)18-6-8-20(32-2)9-7-18/h3-13,16,23H,14-15,17H2,1-2H3/t23-/m0/s1. The smallest absolute Gasteiger partial charge is 0.254 e. The van der Waals surface area contributed by atoms with Crippen molar-refractivity contribution in [3.63, 3.8) is 0 Å². The zero-order valence-electron chi connectivity index (χ0n) is 18.2. The Morgan fingerprint density at radius 1 is 1.03 bits per heavy atom. The van der Waals surface area contributed by atoms with Crippen molar-refractivity contribution in [3.8, 4) is 17.0 Å². The van der Waals surface area contributed by atoms with Crippen LogP contribution in [0.15, 0.2) is 73.2 Å². The first-order valence-electron chi connectivity index (χ1n) is 10.7. The van der Waals surface area contributed by atoms with Gasteiger partial charge in [0.15, 0.2) is 0 Å². The summed E-state index contributed by atoms with van der Waals surface area (Å²) in [4.78, 5) is 26.1. The second kappa shape index (κ2) is 8.43. The molecule has 0 radical (unpaired) electrons. The van der Waals surface area contributed by atoms with Crippen molar-refractivity contribution in [1.82, 2.24) is 24.2 Å². The predicted molar refractivity (Wildman–Crippen MR) is 123 cm³/mol. The lowest BCUT2D eigenvalue weighted by Crippen LogP contribution is -2.49. The number of amides is 1. The van der Waals surface area contributed by atoms with E-state index < -0.39 is 0 Å². The van der Waals surface area contributed by atoms with E-state index in [9.17, 15) is 4.79 Å². The minimum atomic E-state index is 0.0261. The minimum absolute atomic E-state index is 0.0261. The minimum Gasteiger partial charge on any atom is -0.497 e. The molecule has 1 aromatic carbocycles. The van der Waals surface area contributed by atoms with Crippen LogP contribution < -0.4 is 4.74 Å². The molecule has 4 aromatic rings. The van der Waals surface area contributed by atoms with Crippen LogP contribution in [0, 0.1) is 0 Å². The number of carbonyl (C=O) groups is 1. The lowest BCUT2D eigenvalue weighted by Gasteiger charge is -2.38.